The van der Waals surface area contributed by atoms with Crippen molar-refractivity contribution >= 4 is 11.8 Å². The van der Waals surface area contributed by atoms with Crippen molar-refractivity contribution in [3.63, 3.8) is 0 Å². The number of hydrogen-bond acceptors (Lipinski definition) is 3. The quantitative estimate of drug-likeness (QED) is 0.536. The third kappa shape index (κ3) is 4.78. The van der Waals surface area contributed by atoms with Crippen LogP contribution in [0.15, 0.2) is 24.3 Å². The van der Waals surface area contributed by atoms with Gasteiger partial charge in [0.2, 0.25) is 0 Å². The molecule has 0 saturated heterocycles. The highest BCUT2D eigenvalue weighted by atomic mass is 16.4. The fourth-order valence-electron chi connectivity index (χ4n) is 2.15. The number of rotatable bonds is 9. The second-order valence-corrected chi connectivity index (χ2v) is 4.92. The predicted molar refractivity (Wildman–Crippen MR) is 76.7 cm³/mol. The minimum absolute atomic E-state index is 0.0996. The molecule has 20 heavy (non-hydrogen) atoms. The molecule has 110 valence electrons. The average Bonchev–Trinajstić information content (AvgIpc) is 2.46. The largest absolute Gasteiger partial charge is 0.479 e. The van der Waals surface area contributed by atoms with Gasteiger partial charge in [0.15, 0.2) is 11.9 Å². The summed E-state index contributed by atoms with van der Waals surface area (Å²) in [6, 6.07) is 6.38. The summed E-state index contributed by atoms with van der Waals surface area (Å²) in [6.07, 6.45) is 4.00. The van der Waals surface area contributed by atoms with Gasteiger partial charge in [-0.2, -0.15) is 0 Å². The summed E-state index contributed by atoms with van der Waals surface area (Å²) in [4.78, 5) is 23.0. The molecule has 1 rings (SSSR count). The molecule has 0 heterocycles. The third-order valence-corrected chi connectivity index (χ3v) is 3.30. The SMILES string of the molecule is CCCCCCCC(=O)c1ccccc1C(O)C(=O)O. The second-order valence-electron chi connectivity index (χ2n) is 4.92. The van der Waals surface area contributed by atoms with E-state index >= 15 is 0 Å². The highest BCUT2D eigenvalue weighted by molar-refractivity contribution is 5.98. The van der Waals surface area contributed by atoms with Crippen LogP contribution in [0.5, 0.6) is 0 Å². The summed E-state index contributed by atoms with van der Waals surface area (Å²) in [5, 5.41) is 18.5. The Kier molecular flexibility index (Phi) is 6.94. The van der Waals surface area contributed by atoms with E-state index in [4.69, 9.17) is 5.11 Å². The van der Waals surface area contributed by atoms with Crippen molar-refractivity contribution in [2.75, 3.05) is 0 Å². The fourth-order valence-corrected chi connectivity index (χ4v) is 2.15. The molecule has 4 heteroatoms. The van der Waals surface area contributed by atoms with Crippen LogP contribution in [0.1, 0.15) is 67.5 Å². The van der Waals surface area contributed by atoms with Crippen molar-refractivity contribution in [3.8, 4) is 0 Å². The molecule has 0 amide bonds. The summed E-state index contributed by atoms with van der Waals surface area (Å²) >= 11 is 0. The van der Waals surface area contributed by atoms with Gasteiger partial charge in [-0.15, -0.1) is 0 Å². The molecule has 1 atom stereocenters. The van der Waals surface area contributed by atoms with E-state index < -0.39 is 12.1 Å². The Hall–Kier alpha value is -1.68. The number of aliphatic carboxylic acids is 1. The monoisotopic (exact) mass is 278 g/mol. The van der Waals surface area contributed by atoms with E-state index in [1.807, 2.05) is 0 Å². The van der Waals surface area contributed by atoms with Crippen LogP contribution < -0.4 is 0 Å². The third-order valence-electron chi connectivity index (χ3n) is 3.30. The van der Waals surface area contributed by atoms with E-state index in [1.165, 1.54) is 12.5 Å². The van der Waals surface area contributed by atoms with E-state index in [0.29, 0.717) is 12.0 Å². The number of carbonyl (C=O) groups is 2. The van der Waals surface area contributed by atoms with E-state index in [9.17, 15) is 14.7 Å². The normalized spacial score (nSPS) is 12.1. The first-order chi connectivity index (χ1) is 9.57. The van der Waals surface area contributed by atoms with Crippen LogP contribution in [0.3, 0.4) is 0 Å². The van der Waals surface area contributed by atoms with Crippen LogP contribution in [-0.2, 0) is 4.79 Å². The summed E-state index contributed by atoms with van der Waals surface area (Å²) in [7, 11) is 0. The number of aliphatic hydroxyl groups excluding tert-OH is 1. The zero-order chi connectivity index (χ0) is 15.0. The van der Waals surface area contributed by atoms with Crippen molar-refractivity contribution in [3.05, 3.63) is 35.4 Å². The van der Waals surface area contributed by atoms with Gasteiger partial charge in [0.1, 0.15) is 0 Å². The molecule has 0 spiro atoms. The Bertz CT molecular complexity index is 454. The molecule has 2 N–H and O–H groups in total. The van der Waals surface area contributed by atoms with E-state index in [1.54, 1.807) is 18.2 Å². The lowest BCUT2D eigenvalue weighted by molar-refractivity contribution is -0.146. The summed E-state index contributed by atoms with van der Waals surface area (Å²) < 4.78 is 0. The first kappa shape index (κ1) is 16.4. The number of carboxylic acid groups (broad SMARTS) is 1. The smallest absolute Gasteiger partial charge is 0.337 e. The number of ketones is 1. The summed E-state index contributed by atoms with van der Waals surface area (Å²) in [6.45, 7) is 2.13. The van der Waals surface area contributed by atoms with E-state index in [2.05, 4.69) is 6.92 Å². The van der Waals surface area contributed by atoms with Crippen LogP contribution in [0.25, 0.3) is 0 Å². The summed E-state index contributed by atoms with van der Waals surface area (Å²) in [5.74, 6) is -1.44. The highest BCUT2D eigenvalue weighted by Crippen LogP contribution is 2.20. The van der Waals surface area contributed by atoms with Crippen LogP contribution in [0.2, 0.25) is 0 Å². The lowest BCUT2D eigenvalue weighted by atomic mass is 9.96. The van der Waals surface area contributed by atoms with Gasteiger partial charge in [0.25, 0.3) is 0 Å². The minimum atomic E-state index is -1.64. The molecule has 1 aromatic rings. The fraction of sp³-hybridized carbons (Fsp3) is 0.500. The molecule has 4 nitrogen and oxygen atoms in total. The van der Waals surface area contributed by atoms with Gasteiger partial charge in [-0.3, -0.25) is 4.79 Å². The maximum Gasteiger partial charge on any atom is 0.337 e. The second kappa shape index (κ2) is 8.48. The van der Waals surface area contributed by atoms with Crippen molar-refractivity contribution in [1.29, 1.82) is 0 Å². The zero-order valence-electron chi connectivity index (χ0n) is 11.8. The number of Topliss-reactive ketones (excluding diaryl/α,β-unsaturated/α-hetero) is 1. The maximum atomic E-state index is 12.1. The number of benzene rings is 1. The number of carbonyl (C=O) groups excluding carboxylic acids is 1. The van der Waals surface area contributed by atoms with Gasteiger partial charge >= 0.3 is 5.97 Å². The standard InChI is InChI=1S/C16H22O4/c1-2-3-4-5-6-11-14(17)12-9-7-8-10-13(12)15(18)16(19)20/h7-10,15,18H,2-6,11H2,1H3,(H,19,20). The van der Waals surface area contributed by atoms with Crippen LogP contribution in [-0.4, -0.2) is 22.0 Å². The maximum absolute atomic E-state index is 12.1. The van der Waals surface area contributed by atoms with Crippen molar-refractivity contribution in [1.82, 2.24) is 0 Å². The number of carboxylic acids is 1. The number of hydrogen-bond donors (Lipinski definition) is 2. The predicted octanol–water partition coefficient (Wildman–Crippen LogP) is 3.35. The molecular formula is C16H22O4. The zero-order valence-corrected chi connectivity index (χ0v) is 11.8. The van der Waals surface area contributed by atoms with Crippen LogP contribution in [0.4, 0.5) is 0 Å². The molecule has 0 radical (unpaired) electrons. The topological polar surface area (TPSA) is 74.6 Å². The lowest BCUT2D eigenvalue weighted by Gasteiger charge is -2.11. The Morgan fingerprint density at radius 1 is 1.10 bits per heavy atom. The Balaban J connectivity index is 2.66. The van der Waals surface area contributed by atoms with Crippen LogP contribution in [0, 0.1) is 0 Å². The molecule has 0 saturated carbocycles. The van der Waals surface area contributed by atoms with E-state index in [0.717, 1.165) is 25.7 Å². The van der Waals surface area contributed by atoms with Crippen molar-refractivity contribution in [2.24, 2.45) is 0 Å². The van der Waals surface area contributed by atoms with E-state index in [-0.39, 0.29) is 11.3 Å². The van der Waals surface area contributed by atoms with Crippen LogP contribution >= 0.6 is 0 Å². The van der Waals surface area contributed by atoms with Gasteiger partial charge in [-0.1, -0.05) is 56.9 Å². The Morgan fingerprint density at radius 2 is 1.75 bits per heavy atom. The number of aliphatic hydroxyl groups is 1. The van der Waals surface area contributed by atoms with Gasteiger partial charge in [0.05, 0.1) is 0 Å². The lowest BCUT2D eigenvalue weighted by Crippen LogP contribution is -2.15. The molecule has 0 fully saturated rings. The molecule has 0 aliphatic rings. The average molecular weight is 278 g/mol. The Labute approximate surface area is 119 Å². The first-order valence-electron chi connectivity index (χ1n) is 7.11. The first-order valence-corrected chi connectivity index (χ1v) is 7.11. The van der Waals surface area contributed by atoms with Crippen molar-refractivity contribution in [2.45, 2.75) is 51.6 Å². The molecular weight excluding hydrogens is 256 g/mol. The molecule has 0 bridgehead atoms. The molecule has 0 aliphatic heterocycles. The number of unbranched alkanes of at least 4 members (excludes halogenated alkanes) is 4. The van der Waals surface area contributed by atoms with Gasteiger partial charge < -0.3 is 10.2 Å². The van der Waals surface area contributed by atoms with Gasteiger partial charge in [-0.05, 0) is 6.42 Å². The molecule has 1 unspecified atom stereocenters. The van der Waals surface area contributed by atoms with Gasteiger partial charge in [-0.25, -0.2) is 4.79 Å². The minimum Gasteiger partial charge on any atom is -0.479 e. The highest BCUT2D eigenvalue weighted by Gasteiger charge is 2.21. The molecule has 0 aromatic heterocycles. The summed E-state index contributed by atoms with van der Waals surface area (Å²) in [5.41, 5.74) is 0.497. The van der Waals surface area contributed by atoms with Crippen molar-refractivity contribution < 1.29 is 19.8 Å². The molecule has 1 aromatic carbocycles. The van der Waals surface area contributed by atoms with Gasteiger partial charge in [0, 0.05) is 17.5 Å². The Morgan fingerprint density at radius 3 is 2.40 bits per heavy atom. The molecule has 0 aliphatic carbocycles.